The molecule has 0 spiro atoms. The van der Waals surface area contributed by atoms with Crippen LogP contribution in [0.1, 0.15) is 24.8 Å². The normalized spacial score (nSPS) is 17.0. The number of sulfonamides is 1. The van der Waals surface area contributed by atoms with E-state index in [1.165, 1.54) is 16.4 Å². The number of methoxy groups -OCH3 is 2. The Balaban J connectivity index is 1.50. The van der Waals surface area contributed by atoms with Gasteiger partial charge in [-0.15, -0.1) is 0 Å². The van der Waals surface area contributed by atoms with Crippen molar-refractivity contribution in [1.82, 2.24) is 9.62 Å². The first-order valence-electron chi connectivity index (χ1n) is 10.6. The van der Waals surface area contributed by atoms with Gasteiger partial charge in [-0.1, -0.05) is 6.07 Å². The molecule has 9 heteroatoms. The summed E-state index contributed by atoms with van der Waals surface area (Å²) >= 11 is 0. The van der Waals surface area contributed by atoms with E-state index in [4.69, 9.17) is 9.47 Å². The molecule has 1 heterocycles. The maximum atomic E-state index is 13.1. The van der Waals surface area contributed by atoms with Gasteiger partial charge in [0.25, 0.3) is 0 Å². The molecule has 1 atom stereocenters. The summed E-state index contributed by atoms with van der Waals surface area (Å²) in [6.07, 6.45) is 2.74. The zero-order valence-electron chi connectivity index (χ0n) is 18.3. The van der Waals surface area contributed by atoms with E-state index in [0.717, 1.165) is 30.5 Å². The van der Waals surface area contributed by atoms with Gasteiger partial charge in [-0.2, -0.15) is 4.31 Å². The number of rotatable bonds is 9. The lowest BCUT2D eigenvalue weighted by Crippen LogP contribution is -2.45. The van der Waals surface area contributed by atoms with Gasteiger partial charge < -0.3 is 14.8 Å². The minimum absolute atomic E-state index is 0.0369. The SMILES string of the molecule is COc1ccc(CCCNC(=O)[C@H]2CCCN(S(=O)(=O)c3ccc(F)cc3)C2)cc1OC. The van der Waals surface area contributed by atoms with Crippen LogP contribution in [0.3, 0.4) is 0 Å². The summed E-state index contributed by atoms with van der Waals surface area (Å²) in [5.74, 6) is 0.296. The van der Waals surface area contributed by atoms with Gasteiger partial charge in [-0.05, 0) is 67.6 Å². The van der Waals surface area contributed by atoms with E-state index in [0.29, 0.717) is 37.4 Å². The van der Waals surface area contributed by atoms with Gasteiger partial charge in [0.1, 0.15) is 5.82 Å². The number of carbonyl (C=O) groups excluding carboxylic acids is 1. The van der Waals surface area contributed by atoms with Crippen molar-refractivity contribution in [2.75, 3.05) is 33.9 Å². The molecule has 0 aliphatic carbocycles. The minimum Gasteiger partial charge on any atom is -0.493 e. The molecule has 1 amide bonds. The molecular weight excluding hydrogens is 435 g/mol. The maximum absolute atomic E-state index is 13.1. The molecule has 32 heavy (non-hydrogen) atoms. The first-order chi connectivity index (χ1) is 15.3. The van der Waals surface area contributed by atoms with Crippen LogP contribution in [0.25, 0.3) is 0 Å². The monoisotopic (exact) mass is 464 g/mol. The van der Waals surface area contributed by atoms with Crippen molar-refractivity contribution in [2.24, 2.45) is 5.92 Å². The third-order valence-corrected chi connectivity index (χ3v) is 7.48. The maximum Gasteiger partial charge on any atom is 0.243 e. The standard InChI is InChI=1S/C23H29FN2O5S/c1-30-21-12-7-17(15-22(21)31-2)5-3-13-25-23(27)18-6-4-14-26(16-18)32(28,29)20-10-8-19(24)9-11-20/h7-12,15,18H,3-6,13-14,16H2,1-2H3,(H,25,27)/t18-/m0/s1. The van der Waals surface area contributed by atoms with Gasteiger partial charge >= 0.3 is 0 Å². The Kier molecular flexibility index (Phi) is 8.09. The first kappa shape index (κ1) is 24.0. The smallest absolute Gasteiger partial charge is 0.243 e. The van der Waals surface area contributed by atoms with E-state index < -0.39 is 21.8 Å². The number of hydrogen-bond donors (Lipinski definition) is 1. The second kappa shape index (κ2) is 10.8. The predicted octanol–water partition coefficient (Wildman–Crippen LogP) is 2.99. The van der Waals surface area contributed by atoms with E-state index in [1.807, 2.05) is 18.2 Å². The summed E-state index contributed by atoms with van der Waals surface area (Å²) in [4.78, 5) is 12.7. The molecule has 0 aromatic heterocycles. The number of nitrogens with zero attached hydrogens (tertiary/aromatic N) is 1. The first-order valence-corrected chi connectivity index (χ1v) is 12.0. The highest BCUT2D eigenvalue weighted by atomic mass is 32.2. The number of amides is 1. The van der Waals surface area contributed by atoms with Crippen molar-refractivity contribution in [1.29, 1.82) is 0 Å². The Bertz CT molecular complexity index is 1030. The van der Waals surface area contributed by atoms with Crippen LogP contribution in [0.4, 0.5) is 4.39 Å². The summed E-state index contributed by atoms with van der Waals surface area (Å²) < 4.78 is 50.7. The molecule has 1 saturated heterocycles. The van der Waals surface area contributed by atoms with Gasteiger partial charge in [-0.25, -0.2) is 12.8 Å². The second-order valence-electron chi connectivity index (χ2n) is 7.74. The molecule has 1 aliphatic rings. The van der Waals surface area contributed by atoms with Crippen molar-refractivity contribution in [3.05, 3.63) is 53.8 Å². The Labute approximate surface area is 188 Å². The van der Waals surface area contributed by atoms with Gasteiger partial charge in [-0.3, -0.25) is 4.79 Å². The lowest BCUT2D eigenvalue weighted by molar-refractivity contribution is -0.126. The zero-order chi connectivity index (χ0) is 23.1. The van der Waals surface area contributed by atoms with Gasteiger partial charge in [0.2, 0.25) is 15.9 Å². The van der Waals surface area contributed by atoms with Crippen molar-refractivity contribution in [3.8, 4) is 11.5 Å². The molecule has 1 N–H and O–H groups in total. The number of carbonyl (C=O) groups is 1. The fourth-order valence-electron chi connectivity index (χ4n) is 3.81. The van der Waals surface area contributed by atoms with Crippen LogP contribution in [0.5, 0.6) is 11.5 Å². The highest BCUT2D eigenvalue weighted by Crippen LogP contribution is 2.28. The molecule has 0 radical (unpaired) electrons. The predicted molar refractivity (Wildman–Crippen MR) is 119 cm³/mol. The lowest BCUT2D eigenvalue weighted by Gasteiger charge is -2.31. The number of halogens is 1. The molecule has 2 aromatic rings. The van der Waals surface area contributed by atoms with Crippen molar-refractivity contribution in [2.45, 2.75) is 30.6 Å². The number of benzene rings is 2. The molecule has 0 unspecified atom stereocenters. The quantitative estimate of drug-likeness (QED) is 0.577. The van der Waals surface area contributed by atoms with E-state index in [1.54, 1.807) is 14.2 Å². The molecule has 2 aromatic carbocycles. The Morgan fingerprint density at radius 2 is 1.84 bits per heavy atom. The van der Waals surface area contributed by atoms with Crippen molar-refractivity contribution in [3.63, 3.8) is 0 Å². The average molecular weight is 465 g/mol. The third kappa shape index (κ3) is 5.77. The molecule has 1 aliphatic heterocycles. The van der Waals surface area contributed by atoms with Crippen LogP contribution >= 0.6 is 0 Å². The molecular formula is C23H29FN2O5S. The van der Waals surface area contributed by atoms with E-state index in [-0.39, 0.29) is 17.3 Å². The van der Waals surface area contributed by atoms with Crippen LogP contribution in [0.15, 0.2) is 47.4 Å². The average Bonchev–Trinajstić information content (AvgIpc) is 2.81. The van der Waals surface area contributed by atoms with Crippen molar-refractivity contribution >= 4 is 15.9 Å². The molecule has 0 bridgehead atoms. The third-order valence-electron chi connectivity index (χ3n) is 5.60. The van der Waals surface area contributed by atoms with Crippen LogP contribution in [-0.2, 0) is 21.2 Å². The van der Waals surface area contributed by atoms with Crippen LogP contribution in [-0.4, -0.2) is 52.5 Å². The fraction of sp³-hybridized carbons (Fsp3) is 0.435. The Morgan fingerprint density at radius 3 is 2.53 bits per heavy atom. The summed E-state index contributed by atoms with van der Waals surface area (Å²) in [7, 11) is -0.578. The van der Waals surface area contributed by atoms with E-state index >= 15 is 0 Å². The molecule has 174 valence electrons. The van der Waals surface area contributed by atoms with Gasteiger partial charge in [0.15, 0.2) is 11.5 Å². The van der Waals surface area contributed by atoms with E-state index in [2.05, 4.69) is 5.32 Å². The molecule has 7 nitrogen and oxygen atoms in total. The minimum atomic E-state index is -3.75. The van der Waals surface area contributed by atoms with Crippen molar-refractivity contribution < 1.29 is 27.1 Å². The number of ether oxygens (including phenoxy) is 2. The number of piperidine rings is 1. The summed E-state index contributed by atoms with van der Waals surface area (Å²) in [6, 6.07) is 10.5. The summed E-state index contributed by atoms with van der Waals surface area (Å²) in [6.45, 7) is 0.971. The summed E-state index contributed by atoms with van der Waals surface area (Å²) in [5, 5.41) is 2.93. The zero-order valence-corrected chi connectivity index (χ0v) is 19.2. The lowest BCUT2D eigenvalue weighted by atomic mass is 9.99. The molecule has 0 saturated carbocycles. The van der Waals surface area contributed by atoms with Crippen LogP contribution in [0, 0.1) is 11.7 Å². The second-order valence-corrected chi connectivity index (χ2v) is 9.68. The number of hydrogen-bond acceptors (Lipinski definition) is 5. The van der Waals surface area contributed by atoms with Gasteiger partial charge in [0.05, 0.1) is 25.0 Å². The summed E-state index contributed by atoms with van der Waals surface area (Å²) in [5.41, 5.74) is 1.08. The van der Waals surface area contributed by atoms with Crippen LogP contribution in [0.2, 0.25) is 0 Å². The largest absolute Gasteiger partial charge is 0.493 e. The number of nitrogens with one attached hydrogen (secondary N) is 1. The van der Waals surface area contributed by atoms with Gasteiger partial charge in [0, 0.05) is 19.6 Å². The molecule has 1 fully saturated rings. The topological polar surface area (TPSA) is 84.9 Å². The van der Waals surface area contributed by atoms with E-state index in [9.17, 15) is 17.6 Å². The number of aryl methyl sites for hydroxylation is 1. The Hall–Kier alpha value is -2.65. The highest BCUT2D eigenvalue weighted by Gasteiger charge is 2.33. The highest BCUT2D eigenvalue weighted by molar-refractivity contribution is 7.89. The molecule has 3 rings (SSSR count). The fourth-order valence-corrected chi connectivity index (χ4v) is 5.34. The van der Waals surface area contributed by atoms with Crippen LogP contribution < -0.4 is 14.8 Å². The Morgan fingerprint density at radius 1 is 1.12 bits per heavy atom.